The summed E-state index contributed by atoms with van der Waals surface area (Å²) in [7, 11) is 1.29. The van der Waals surface area contributed by atoms with E-state index in [4.69, 9.17) is 39.5 Å². The fourth-order valence-corrected chi connectivity index (χ4v) is 2.69. The molecule has 1 heterocycles. The predicted octanol–water partition coefficient (Wildman–Crippen LogP) is 4.02. The van der Waals surface area contributed by atoms with Crippen LogP contribution in [-0.4, -0.2) is 27.2 Å². The van der Waals surface area contributed by atoms with Gasteiger partial charge in [-0.3, -0.25) is 4.79 Å². The van der Waals surface area contributed by atoms with Crippen LogP contribution in [0.3, 0.4) is 0 Å². The predicted molar refractivity (Wildman–Crippen MR) is 82.4 cm³/mol. The smallest absolute Gasteiger partial charge is 0.354 e. The first-order chi connectivity index (χ1) is 9.72. The van der Waals surface area contributed by atoms with Crippen molar-refractivity contribution in [3.05, 3.63) is 23.5 Å². The Hall–Kier alpha value is -0.710. The van der Waals surface area contributed by atoms with Crippen LogP contribution in [0.15, 0.2) is 12.3 Å². The zero-order valence-electron chi connectivity index (χ0n) is 11.8. The number of halogens is 3. The topological polar surface area (TPSA) is 48.3 Å². The summed E-state index contributed by atoms with van der Waals surface area (Å²) in [6.45, 7) is 2.77. The number of aromatic nitrogens is 1. The Bertz CT molecular complexity index is 571. The lowest BCUT2D eigenvalue weighted by atomic mass is 10.0. The van der Waals surface area contributed by atoms with E-state index in [1.165, 1.54) is 13.2 Å². The van der Waals surface area contributed by atoms with E-state index in [-0.39, 0.29) is 11.0 Å². The van der Waals surface area contributed by atoms with Gasteiger partial charge in [-0.1, -0.05) is 41.7 Å². The Morgan fingerprint density at radius 1 is 1.38 bits per heavy atom. The third-order valence-electron chi connectivity index (χ3n) is 4.02. The average Bonchev–Trinajstić information content (AvgIpc) is 3.08. The second kappa shape index (κ2) is 5.82. The first kappa shape index (κ1) is 16.7. The first-order valence-electron chi connectivity index (χ1n) is 6.62. The van der Waals surface area contributed by atoms with Crippen molar-refractivity contribution in [2.75, 3.05) is 7.11 Å². The average molecular weight is 353 g/mol. The number of nitrogens with zero attached hydrogens (tertiary/aromatic N) is 1. The van der Waals surface area contributed by atoms with Gasteiger partial charge in [-0.2, -0.15) is 0 Å². The van der Waals surface area contributed by atoms with Crippen LogP contribution in [0.2, 0.25) is 0 Å². The van der Waals surface area contributed by atoms with Crippen LogP contribution in [0.25, 0.3) is 0 Å². The molecule has 0 N–H and O–H groups in total. The van der Waals surface area contributed by atoms with Crippen LogP contribution in [0.4, 0.5) is 0 Å². The number of ether oxygens (including phenoxy) is 1. The highest BCUT2D eigenvalue weighted by atomic mass is 35.6. The molecule has 0 saturated heterocycles. The van der Waals surface area contributed by atoms with E-state index in [0.717, 1.165) is 19.3 Å². The summed E-state index contributed by atoms with van der Waals surface area (Å²) in [5.41, 5.74) is 0.694. The van der Waals surface area contributed by atoms with E-state index in [9.17, 15) is 9.59 Å². The van der Waals surface area contributed by atoms with Gasteiger partial charge < -0.3 is 9.30 Å². The third kappa shape index (κ3) is 3.55. The van der Waals surface area contributed by atoms with Crippen molar-refractivity contribution < 1.29 is 14.3 Å². The van der Waals surface area contributed by atoms with Gasteiger partial charge in [0.05, 0.1) is 7.11 Å². The molecule has 116 valence electrons. The molecule has 0 atom stereocenters. The molecular weight excluding hydrogens is 337 g/mol. The van der Waals surface area contributed by atoms with Crippen molar-refractivity contribution in [3.63, 3.8) is 0 Å². The molecule has 1 aliphatic rings. The van der Waals surface area contributed by atoms with E-state index in [1.54, 1.807) is 10.8 Å². The van der Waals surface area contributed by atoms with E-state index in [0.29, 0.717) is 12.2 Å². The number of Topliss-reactive ketones (excluding diaryl/α,β-unsaturated/α-hetero) is 1. The molecule has 21 heavy (non-hydrogen) atoms. The number of alkyl halides is 3. The number of hydrogen-bond donors (Lipinski definition) is 0. The molecule has 0 amide bonds. The molecule has 1 aromatic heterocycles. The maximum atomic E-state index is 12.0. The summed E-state index contributed by atoms with van der Waals surface area (Å²) < 4.78 is 4.44. The Labute approximate surface area is 138 Å². The Balaban J connectivity index is 2.36. The van der Waals surface area contributed by atoms with Crippen molar-refractivity contribution >= 4 is 46.6 Å². The molecule has 0 radical (unpaired) electrons. The van der Waals surface area contributed by atoms with E-state index >= 15 is 0 Å². The molecule has 0 spiro atoms. The Kier molecular flexibility index (Phi) is 4.62. The van der Waals surface area contributed by atoms with Crippen molar-refractivity contribution in [2.24, 2.45) is 5.41 Å². The Morgan fingerprint density at radius 2 is 2.00 bits per heavy atom. The highest BCUT2D eigenvalue weighted by Gasteiger charge is 2.42. The summed E-state index contributed by atoms with van der Waals surface area (Å²) >= 11 is 16.9. The molecule has 0 unspecified atom stereocenters. The van der Waals surface area contributed by atoms with Gasteiger partial charge in [0.15, 0.2) is 0 Å². The summed E-state index contributed by atoms with van der Waals surface area (Å²) in [6.07, 6.45) is 4.79. The minimum atomic E-state index is -2.04. The van der Waals surface area contributed by atoms with Gasteiger partial charge in [0.1, 0.15) is 5.69 Å². The van der Waals surface area contributed by atoms with Gasteiger partial charge in [0.25, 0.3) is 3.79 Å². The number of ketones is 1. The monoisotopic (exact) mass is 351 g/mol. The molecule has 1 fully saturated rings. The maximum absolute atomic E-state index is 12.0. The van der Waals surface area contributed by atoms with Crippen molar-refractivity contribution in [2.45, 2.75) is 36.5 Å². The van der Waals surface area contributed by atoms with Crippen molar-refractivity contribution in [1.82, 2.24) is 4.57 Å². The zero-order chi connectivity index (χ0) is 15.8. The fraction of sp³-hybridized carbons (Fsp3) is 0.571. The summed E-state index contributed by atoms with van der Waals surface area (Å²) in [5, 5.41) is 0. The molecule has 1 saturated carbocycles. The Morgan fingerprint density at radius 3 is 2.43 bits per heavy atom. The zero-order valence-corrected chi connectivity index (χ0v) is 14.1. The standard InChI is InChI=1S/C14H16Cl3NO3/c1-3-13(4-5-13)8-18-7-9(11(19)14(15,16)17)6-10(18)12(20)21-2/h6-7H,3-5,8H2,1-2H3. The van der Waals surface area contributed by atoms with Crippen LogP contribution in [-0.2, 0) is 11.3 Å². The molecular formula is C14H16Cl3NO3. The SMILES string of the molecule is CCC1(Cn2cc(C(=O)C(Cl)(Cl)Cl)cc2C(=O)OC)CC1. The van der Waals surface area contributed by atoms with Crippen LogP contribution >= 0.6 is 34.8 Å². The maximum Gasteiger partial charge on any atom is 0.354 e. The van der Waals surface area contributed by atoms with Gasteiger partial charge in [-0.25, -0.2) is 4.79 Å². The van der Waals surface area contributed by atoms with Gasteiger partial charge in [-0.15, -0.1) is 0 Å². The summed E-state index contributed by atoms with van der Waals surface area (Å²) in [4.78, 5) is 23.9. The number of carbonyl (C=O) groups is 2. The second-order valence-corrected chi connectivity index (χ2v) is 7.70. The fourth-order valence-electron chi connectivity index (χ4n) is 2.37. The minimum absolute atomic E-state index is 0.197. The lowest BCUT2D eigenvalue weighted by molar-refractivity contribution is 0.0586. The summed E-state index contributed by atoms with van der Waals surface area (Å²) in [5.74, 6) is -1.16. The van der Waals surface area contributed by atoms with Crippen LogP contribution in [0.1, 0.15) is 47.0 Å². The highest BCUT2D eigenvalue weighted by molar-refractivity contribution is 6.77. The number of rotatable bonds is 5. The van der Waals surface area contributed by atoms with E-state index in [1.807, 2.05) is 0 Å². The van der Waals surface area contributed by atoms with E-state index < -0.39 is 15.5 Å². The lowest BCUT2D eigenvalue weighted by Crippen LogP contribution is -2.18. The van der Waals surface area contributed by atoms with Gasteiger partial charge in [0, 0.05) is 18.3 Å². The molecule has 7 heteroatoms. The number of carbonyl (C=O) groups excluding carboxylic acids is 2. The normalized spacial score (nSPS) is 16.6. The van der Waals surface area contributed by atoms with Gasteiger partial charge in [0.2, 0.25) is 5.78 Å². The number of methoxy groups -OCH3 is 1. The summed E-state index contributed by atoms with van der Waals surface area (Å²) in [6, 6.07) is 1.42. The van der Waals surface area contributed by atoms with Crippen LogP contribution in [0, 0.1) is 5.41 Å². The van der Waals surface area contributed by atoms with Crippen LogP contribution in [0.5, 0.6) is 0 Å². The molecule has 1 aliphatic carbocycles. The molecule has 0 aromatic carbocycles. The van der Waals surface area contributed by atoms with E-state index in [2.05, 4.69) is 6.92 Å². The molecule has 1 aromatic rings. The first-order valence-corrected chi connectivity index (χ1v) is 7.76. The molecule has 0 aliphatic heterocycles. The van der Waals surface area contributed by atoms with Crippen LogP contribution < -0.4 is 0 Å². The molecule has 2 rings (SSSR count). The lowest BCUT2D eigenvalue weighted by Gasteiger charge is -2.15. The second-order valence-electron chi connectivity index (χ2n) is 5.41. The molecule has 4 nitrogen and oxygen atoms in total. The van der Waals surface area contributed by atoms with Crippen molar-refractivity contribution in [1.29, 1.82) is 0 Å². The minimum Gasteiger partial charge on any atom is -0.464 e. The van der Waals surface area contributed by atoms with Crippen molar-refractivity contribution in [3.8, 4) is 0 Å². The molecule has 0 bridgehead atoms. The number of hydrogen-bond acceptors (Lipinski definition) is 3. The highest BCUT2D eigenvalue weighted by Crippen LogP contribution is 2.50. The third-order valence-corrected chi connectivity index (χ3v) is 4.54. The van der Waals surface area contributed by atoms with Gasteiger partial charge in [-0.05, 0) is 30.7 Å². The quantitative estimate of drug-likeness (QED) is 0.457. The largest absolute Gasteiger partial charge is 0.464 e. The van der Waals surface area contributed by atoms with Gasteiger partial charge >= 0.3 is 5.97 Å². The number of esters is 1.